The summed E-state index contributed by atoms with van der Waals surface area (Å²) in [4.78, 5) is 12.7. The molecule has 0 atom stereocenters. The normalized spacial score (nSPS) is 16.8. The first-order chi connectivity index (χ1) is 13.6. The van der Waals surface area contributed by atoms with Gasteiger partial charge in [-0.15, -0.1) is 11.3 Å². The molecule has 0 spiro atoms. The Kier molecular flexibility index (Phi) is 6.44. The molecule has 158 valence electrons. The third kappa shape index (κ3) is 4.53. The molecule has 1 aromatic heterocycles. The minimum absolute atomic E-state index is 0.0241. The number of benzene rings is 1. The molecule has 2 aromatic rings. The molecule has 0 radical (unpaired) electrons. The number of carbonyl (C=O) groups excluding carboxylic acids is 1. The van der Waals surface area contributed by atoms with Crippen LogP contribution in [-0.2, 0) is 24.8 Å². The van der Waals surface area contributed by atoms with E-state index in [1.807, 2.05) is 0 Å². The van der Waals surface area contributed by atoms with Crippen molar-refractivity contribution >= 4 is 43.0 Å². The van der Waals surface area contributed by atoms with Crippen molar-refractivity contribution in [2.45, 2.75) is 21.9 Å². The summed E-state index contributed by atoms with van der Waals surface area (Å²) >= 11 is 1.17. The number of nitrogens with zero attached hydrogens (tertiary/aromatic N) is 2. The van der Waals surface area contributed by atoms with Crippen LogP contribution in [0.4, 0.5) is 5.69 Å². The van der Waals surface area contributed by atoms with Crippen molar-refractivity contribution in [2.24, 2.45) is 5.92 Å². The largest absolute Gasteiger partial charge is 0.325 e. The third-order valence-corrected chi connectivity index (χ3v) is 9.96. The van der Waals surface area contributed by atoms with Gasteiger partial charge in [-0.3, -0.25) is 4.79 Å². The summed E-state index contributed by atoms with van der Waals surface area (Å²) in [5.74, 6) is -0.695. The highest BCUT2D eigenvalue weighted by Gasteiger charge is 2.33. The van der Waals surface area contributed by atoms with E-state index in [1.165, 1.54) is 35.8 Å². The lowest BCUT2D eigenvalue weighted by Gasteiger charge is -2.30. The van der Waals surface area contributed by atoms with Gasteiger partial charge in [0.25, 0.3) is 10.0 Å². The zero-order valence-corrected chi connectivity index (χ0v) is 18.6. The third-order valence-electron chi connectivity index (χ3n) is 4.82. The first-order valence-corrected chi connectivity index (χ1v) is 12.8. The second kappa shape index (κ2) is 8.52. The number of sulfonamides is 2. The molecule has 1 aromatic carbocycles. The molecule has 3 rings (SSSR count). The molecule has 0 aliphatic carbocycles. The van der Waals surface area contributed by atoms with Gasteiger partial charge in [0.15, 0.2) is 0 Å². The standard InChI is InChI=1S/C18H23N3O5S3/c1-20(2)28(23,24)16-7-4-3-6-15(16)19-18(22)14-9-11-21(12-10-14)29(25,26)17-8-5-13-27-17/h3-8,13-14H,9-12H2,1-2H3,(H,19,22). The van der Waals surface area contributed by atoms with Crippen LogP contribution < -0.4 is 5.32 Å². The molecule has 8 nitrogen and oxygen atoms in total. The maximum Gasteiger partial charge on any atom is 0.252 e. The van der Waals surface area contributed by atoms with Crippen molar-refractivity contribution in [2.75, 3.05) is 32.5 Å². The van der Waals surface area contributed by atoms with E-state index < -0.39 is 20.0 Å². The molecule has 29 heavy (non-hydrogen) atoms. The van der Waals surface area contributed by atoms with Gasteiger partial charge in [0.05, 0.1) is 5.69 Å². The lowest BCUT2D eigenvalue weighted by atomic mass is 9.97. The second-order valence-electron chi connectivity index (χ2n) is 6.88. The Morgan fingerprint density at radius 3 is 2.31 bits per heavy atom. The van der Waals surface area contributed by atoms with Crippen molar-refractivity contribution in [1.82, 2.24) is 8.61 Å². The van der Waals surface area contributed by atoms with Gasteiger partial charge in [-0.1, -0.05) is 18.2 Å². The lowest BCUT2D eigenvalue weighted by molar-refractivity contribution is -0.120. The van der Waals surface area contributed by atoms with Crippen molar-refractivity contribution in [3.05, 3.63) is 41.8 Å². The Balaban J connectivity index is 1.69. The van der Waals surface area contributed by atoms with E-state index in [0.717, 1.165) is 4.31 Å². The maximum absolute atomic E-state index is 12.7. The summed E-state index contributed by atoms with van der Waals surface area (Å²) < 4.78 is 52.9. The van der Waals surface area contributed by atoms with Crippen LogP contribution >= 0.6 is 11.3 Å². The summed E-state index contributed by atoms with van der Waals surface area (Å²) in [6.07, 6.45) is 0.748. The van der Waals surface area contributed by atoms with Crippen LogP contribution in [0.25, 0.3) is 0 Å². The molecule has 0 unspecified atom stereocenters. The lowest BCUT2D eigenvalue weighted by Crippen LogP contribution is -2.41. The second-order valence-corrected chi connectivity index (χ2v) is 12.1. The highest BCUT2D eigenvalue weighted by Crippen LogP contribution is 2.28. The number of rotatable bonds is 6. The van der Waals surface area contributed by atoms with Crippen molar-refractivity contribution in [3.8, 4) is 0 Å². The Labute approximate surface area is 175 Å². The van der Waals surface area contributed by atoms with Gasteiger partial charge >= 0.3 is 0 Å². The number of piperidine rings is 1. The van der Waals surface area contributed by atoms with E-state index in [0.29, 0.717) is 17.1 Å². The van der Waals surface area contributed by atoms with Crippen LogP contribution in [0.2, 0.25) is 0 Å². The van der Waals surface area contributed by atoms with Gasteiger partial charge < -0.3 is 5.32 Å². The minimum Gasteiger partial charge on any atom is -0.325 e. The molecule has 0 bridgehead atoms. The number of amides is 1. The topological polar surface area (TPSA) is 104 Å². The molecule has 1 fully saturated rings. The summed E-state index contributed by atoms with van der Waals surface area (Å²) in [6.45, 7) is 0.492. The van der Waals surface area contributed by atoms with Crippen LogP contribution in [0.3, 0.4) is 0 Å². The Hall–Kier alpha value is -1.79. The van der Waals surface area contributed by atoms with Gasteiger partial charge in [0.2, 0.25) is 15.9 Å². The number of hydrogen-bond acceptors (Lipinski definition) is 6. The van der Waals surface area contributed by atoms with Crippen LogP contribution in [0.5, 0.6) is 0 Å². The molecule has 1 N–H and O–H groups in total. The zero-order chi connectivity index (χ0) is 21.2. The molecule has 2 heterocycles. The summed E-state index contributed by atoms with van der Waals surface area (Å²) in [5.41, 5.74) is 0.222. The summed E-state index contributed by atoms with van der Waals surface area (Å²) in [7, 11) is -4.38. The van der Waals surface area contributed by atoms with E-state index in [1.54, 1.807) is 35.7 Å². The highest BCUT2D eigenvalue weighted by atomic mass is 32.2. The van der Waals surface area contributed by atoms with Gasteiger partial charge in [-0.25, -0.2) is 21.1 Å². The number of hydrogen-bond donors (Lipinski definition) is 1. The van der Waals surface area contributed by atoms with Gasteiger partial charge in [0.1, 0.15) is 9.10 Å². The minimum atomic E-state index is -3.70. The van der Waals surface area contributed by atoms with E-state index in [4.69, 9.17) is 0 Å². The molecule has 0 saturated carbocycles. The number of thiophene rings is 1. The number of nitrogens with one attached hydrogen (secondary N) is 1. The van der Waals surface area contributed by atoms with Crippen molar-refractivity contribution < 1.29 is 21.6 Å². The first-order valence-electron chi connectivity index (χ1n) is 9.00. The average molecular weight is 458 g/mol. The van der Waals surface area contributed by atoms with Crippen LogP contribution in [0, 0.1) is 5.92 Å². The molecule has 11 heteroatoms. The molecular formula is C18H23N3O5S3. The summed E-state index contributed by atoms with van der Waals surface area (Å²) in [5, 5.41) is 4.43. The van der Waals surface area contributed by atoms with E-state index >= 15 is 0 Å². The van der Waals surface area contributed by atoms with Crippen molar-refractivity contribution in [3.63, 3.8) is 0 Å². The number of carbonyl (C=O) groups is 1. The van der Waals surface area contributed by atoms with Crippen LogP contribution in [-0.4, -0.2) is 58.5 Å². The number of para-hydroxylation sites is 1. The maximum atomic E-state index is 12.7. The highest BCUT2D eigenvalue weighted by molar-refractivity contribution is 7.91. The fourth-order valence-corrected chi connectivity index (χ4v) is 6.78. The Morgan fingerprint density at radius 1 is 1.07 bits per heavy atom. The average Bonchev–Trinajstić information content (AvgIpc) is 3.24. The van der Waals surface area contributed by atoms with E-state index in [9.17, 15) is 21.6 Å². The predicted octanol–water partition coefficient (Wildman–Crippen LogP) is 2.04. The van der Waals surface area contributed by atoms with E-state index in [-0.39, 0.29) is 35.5 Å². The fraction of sp³-hybridized carbons (Fsp3) is 0.389. The quantitative estimate of drug-likeness (QED) is 0.715. The van der Waals surface area contributed by atoms with Gasteiger partial charge in [-0.05, 0) is 36.4 Å². The monoisotopic (exact) mass is 457 g/mol. The number of anilines is 1. The molecule has 1 aliphatic heterocycles. The van der Waals surface area contributed by atoms with E-state index in [2.05, 4.69) is 5.32 Å². The molecule has 1 amide bonds. The Bertz CT molecular complexity index is 1070. The fourth-order valence-electron chi connectivity index (χ4n) is 3.12. The summed E-state index contributed by atoms with van der Waals surface area (Å²) in [6, 6.07) is 9.50. The smallest absolute Gasteiger partial charge is 0.252 e. The van der Waals surface area contributed by atoms with Crippen LogP contribution in [0.15, 0.2) is 50.9 Å². The first kappa shape index (κ1) is 21.9. The van der Waals surface area contributed by atoms with Gasteiger partial charge in [0, 0.05) is 33.1 Å². The predicted molar refractivity (Wildman–Crippen MR) is 112 cm³/mol. The molecule has 1 aliphatic rings. The van der Waals surface area contributed by atoms with Gasteiger partial charge in [-0.2, -0.15) is 4.31 Å². The zero-order valence-electron chi connectivity index (χ0n) is 16.1. The molecule has 1 saturated heterocycles. The Morgan fingerprint density at radius 2 is 1.72 bits per heavy atom. The SMILES string of the molecule is CN(C)S(=O)(=O)c1ccccc1NC(=O)C1CCN(S(=O)(=O)c2cccs2)CC1. The van der Waals surface area contributed by atoms with Crippen molar-refractivity contribution in [1.29, 1.82) is 0 Å². The molecular weight excluding hydrogens is 434 g/mol. The van der Waals surface area contributed by atoms with Crippen LogP contribution in [0.1, 0.15) is 12.8 Å².